The van der Waals surface area contributed by atoms with Crippen molar-refractivity contribution in [2.75, 3.05) is 47.4 Å². The lowest BCUT2D eigenvalue weighted by Gasteiger charge is -2.12. The molecule has 2 amide bonds. The molecule has 0 atom stereocenters. The normalized spacial score (nSPS) is 10.5. The van der Waals surface area contributed by atoms with Crippen molar-refractivity contribution in [2.24, 2.45) is 4.99 Å². The Kier molecular flexibility index (Phi) is 13.3. The maximum atomic E-state index is 11.6. The third-order valence-corrected chi connectivity index (χ3v) is 3.39. The largest absolute Gasteiger partial charge is 0.383 e. The summed E-state index contributed by atoms with van der Waals surface area (Å²) in [4.78, 5) is 27.3. The molecule has 0 saturated heterocycles. The molecule has 0 aliphatic rings. The van der Waals surface area contributed by atoms with Crippen molar-refractivity contribution in [3.63, 3.8) is 0 Å². The van der Waals surface area contributed by atoms with E-state index >= 15 is 0 Å². The Labute approximate surface area is 171 Å². The zero-order valence-corrected chi connectivity index (χ0v) is 17.8. The average molecular weight is 477 g/mol. The number of benzene rings is 1. The van der Waals surface area contributed by atoms with Gasteiger partial charge in [0.2, 0.25) is 5.91 Å². The average Bonchev–Trinajstić information content (AvgIpc) is 2.64. The minimum atomic E-state index is -0.127. The standard InChI is InChI=1S/C17H27N5O3.HI/c1-18-16(24)14-6-4-5-13(11-14)7-8-21-17(19-2)22-12-15(23)20-9-10-25-3;/h4-6,11H,7-10,12H2,1-3H3,(H,18,24)(H,20,23)(H2,19,21,22);1H. The summed E-state index contributed by atoms with van der Waals surface area (Å²) < 4.78 is 4.87. The minimum Gasteiger partial charge on any atom is -0.383 e. The summed E-state index contributed by atoms with van der Waals surface area (Å²) in [6.45, 7) is 1.72. The lowest BCUT2D eigenvalue weighted by atomic mass is 10.1. The predicted molar refractivity (Wildman–Crippen MR) is 113 cm³/mol. The fourth-order valence-corrected chi connectivity index (χ4v) is 2.08. The highest BCUT2D eigenvalue weighted by molar-refractivity contribution is 14.0. The van der Waals surface area contributed by atoms with Crippen molar-refractivity contribution in [3.05, 3.63) is 35.4 Å². The smallest absolute Gasteiger partial charge is 0.251 e. The Morgan fingerprint density at radius 3 is 2.58 bits per heavy atom. The van der Waals surface area contributed by atoms with Gasteiger partial charge in [0.05, 0.1) is 13.2 Å². The van der Waals surface area contributed by atoms with Crippen LogP contribution in [-0.2, 0) is 16.0 Å². The fraction of sp³-hybridized carbons (Fsp3) is 0.471. The van der Waals surface area contributed by atoms with Gasteiger partial charge < -0.3 is 26.0 Å². The van der Waals surface area contributed by atoms with Gasteiger partial charge in [0.15, 0.2) is 5.96 Å². The summed E-state index contributed by atoms with van der Waals surface area (Å²) in [5, 5.41) is 11.4. The van der Waals surface area contributed by atoms with Crippen LogP contribution in [0.2, 0.25) is 0 Å². The second-order valence-corrected chi connectivity index (χ2v) is 5.22. The van der Waals surface area contributed by atoms with Gasteiger partial charge in [-0.25, -0.2) is 0 Å². The van der Waals surface area contributed by atoms with Gasteiger partial charge in [0.25, 0.3) is 5.91 Å². The van der Waals surface area contributed by atoms with Crippen LogP contribution in [0, 0.1) is 0 Å². The molecule has 0 aliphatic heterocycles. The van der Waals surface area contributed by atoms with E-state index in [9.17, 15) is 9.59 Å². The molecule has 146 valence electrons. The molecule has 0 unspecified atom stereocenters. The summed E-state index contributed by atoms with van der Waals surface area (Å²) in [5.41, 5.74) is 1.68. The van der Waals surface area contributed by atoms with Crippen LogP contribution in [0.1, 0.15) is 15.9 Å². The Balaban J connectivity index is 0.00000625. The van der Waals surface area contributed by atoms with Gasteiger partial charge in [-0.05, 0) is 24.1 Å². The number of methoxy groups -OCH3 is 1. The van der Waals surface area contributed by atoms with Gasteiger partial charge in [-0.15, -0.1) is 24.0 Å². The second kappa shape index (κ2) is 14.3. The first-order chi connectivity index (χ1) is 12.1. The SMILES string of the molecule is CN=C(NCCc1cccc(C(=O)NC)c1)NCC(=O)NCCOC.I. The number of carbonyl (C=O) groups is 2. The van der Waals surface area contributed by atoms with E-state index in [0.29, 0.717) is 31.2 Å². The van der Waals surface area contributed by atoms with Gasteiger partial charge in [-0.1, -0.05) is 12.1 Å². The van der Waals surface area contributed by atoms with Crippen molar-refractivity contribution in [2.45, 2.75) is 6.42 Å². The highest BCUT2D eigenvalue weighted by Gasteiger charge is 2.05. The highest BCUT2D eigenvalue weighted by Crippen LogP contribution is 2.05. The minimum absolute atomic E-state index is 0. The molecule has 9 heteroatoms. The van der Waals surface area contributed by atoms with E-state index in [4.69, 9.17) is 4.74 Å². The predicted octanol–water partition coefficient (Wildman–Crippen LogP) is 0.134. The third-order valence-electron chi connectivity index (χ3n) is 3.39. The van der Waals surface area contributed by atoms with Gasteiger partial charge in [-0.2, -0.15) is 0 Å². The van der Waals surface area contributed by atoms with E-state index in [2.05, 4.69) is 26.3 Å². The maximum Gasteiger partial charge on any atom is 0.251 e. The topological polar surface area (TPSA) is 104 Å². The Morgan fingerprint density at radius 2 is 1.92 bits per heavy atom. The monoisotopic (exact) mass is 477 g/mol. The zero-order valence-electron chi connectivity index (χ0n) is 15.4. The van der Waals surface area contributed by atoms with Crippen molar-refractivity contribution in [1.29, 1.82) is 0 Å². The number of hydrogen-bond acceptors (Lipinski definition) is 4. The van der Waals surface area contributed by atoms with Crippen LogP contribution in [0.5, 0.6) is 0 Å². The second-order valence-electron chi connectivity index (χ2n) is 5.22. The van der Waals surface area contributed by atoms with Gasteiger partial charge in [-0.3, -0.25) is 14.6 Å². The summed E-state index contributed by atoms with van der Waals surface area (Å²) in [7, 11) is 4.84. The molecule has 1 aromatic rings. The molecule has 0 bridgehead atoms. The lowest BCUT2D eigenvalue weighted by molar-refractivity contribution is -0.120. The Bertz CT molecular complexity index is 596. The number of guanidine groups is 1. The summed E-state index contributed by atoms with van der Waals surface area (Å²) in [6, 6.07) is 7.46. The Hall–Kier alpha value is -1.88. The molecule has 1 rings (SSSR count). The summed E-state index contributed by atoms with van der Waals surface area (Å²) in [5.74, 6) is 0.314. The first kappa shape index (κ1) is 24.1. The van der Waals surface area contributed by atoms with E-state index in [0.717, 1.165) is 12.0 Å². The van der Waals surface area contributed by atoms with E-state index in [1.54, 1.807) is 27.3 Å². The van der Waals surface area contributed by atoms with Gasteiger partial charge in [0.1, 0.15) is 0 Å². The zero-order chi connectivity index (χ0) is 18.5. The van der Waals surface area contributed by atoms with Gasteiger partial charge >= 0.3 is 0 Å². The molecule has 0 saturated carbocycles. The molecular weight excluding hydrogens is 449 g/mol. The van der Waals surface area contributed by atoms with Crippen LogP contribution in [0.3, 0.4) is 0 Å². The van der Waals surface area contributed by atoms with Crippen molar-refractivity contribution in [3.8, 4) is 0 Å². The number of nitrogens with one attached hydrogen (secondary N) is 4. The van der Waals surface area contributed by atoms with Crippen molar-refractivity contribution >= 4 is 41.8 Å². The number of nitrogens with zero attached hydrogens (tertiary/aromatic N) is 1. The van der Waals surface area contributed by atoms with Crippen LogP contribution in [0.25, 0.3) is 0 Å². The van der Waals surface area contributed by atoms with Crippen molar-refractivity contribution < 1.29 is 14.3 Å². The van der Waals surface area contributed by atoms with E-state index in [1.807, 2.05) is 18.2 Å². The number of carbonyl (C=O) groups excluding carboxylic acids is 2. The molecular formula is C17H28IN5O3. The van der Waals surface area contributed by atoms with E-state index in [-0.39, 0.29) is 42.3 Å². The summed E-state index contributed by atoms with van der Waals surface area (Å²) >= 11 is 0. The molecule has 0 fully saturated rings. The molecule has 8 nitrogen and oxygen atoms in total. The van der Waals surface area contributed by atoms with Crippen LogP contribution in [0.4, 0.5) is 0 Å². The quantitative estimate of drug-likeness (QED) is 0.175. The lowest BCUT2D eigenvalue weighted by Crippen LogP contribution is -2.44. The molecule has 26 heavy (non-hydrogen) atoms. The van der Waals surface area contributed by atoms with E-state index in [1.165, 1.54) is 0 Å². The fourth-order valence-electron chi connectivity index (χ4n) is 2.08. The number of aliphatic imine (C=N–C) groups is 1. The number of halogens is 1. The molecule has 1 aromatic carbocycles. The Morgan fingerprint density at radius 1 is 1.15 bits per heavy atom. The maximum absolute atomic E-state index is 11.6. The molecule has 0 aliphatic carbocycles. The van der Waals surface area contributed by atoms with Crippen LogP contribution in [-0.4, -0.2) is 65.2 Å². The van der Waals surface area contributed by atoms with Crippen LogP contribution < -0.4 is 21.3 Å². The first-order valence-corrected chi connectivity index (χ1v) is 8.12. The summed E-state index contributed by atoms with van der Waals surface area (Å²) in [6.07, 6.45) is 0.728. The number of hydrogen-bond donors (Lipinski definition) is 4. The van der Waals surface area contributed by atoms with Crippen LogP contribution in [0.15, 0.2) is 29.3 Å². The molecule has 0 spiro atoms. The first-order valence-electron chi connectivity index (χ1n) is 8.12. The molecule has 0 heterocycles. The molecule has 4 N–H and O–H groups in total. The number of amides is 2. The molecule has 0 aromatic heterocycles. The van der Waals surface area contributed by atoms with Crippen LogP contribution >= 0.6 is 24.0 Å². The number of ether oxygens (including phenoxy) is 1. The molecule has 0 radical (unpaired) electrons. The van der Waals surface area contributed by atoms with E-state index < -0.39 is 0 Å². The van der Waals surface area contributed by atoms with Crippen molar-refractivity contribution in [1.82, 2.24) is 21.3 Å². The number of rotatable bonds is 9. The third kappa shape index (κ3) is 9.56. The van der Waals surface area contributed by atoms with Gasteiger partial charge in [0, 0.05) is 39.9 Å². The highest BCUT2D eigenvalue weighted by atomic mass is 127.